The second kappa shape index (κ2) is 6.75. The summed E-state index contributed by atoms with van der Waals surface area (Å²) < 4.78 is 7.04. The number of nitrogens with one attached hydrogen (secondary N) is 2. The van der Waals surface area contributed by atoms with Crippen LogP contribution in [0.3, 0.4) is 0 Å². The number of thioether (sulfide) groups is 1. The highest BCUT2D eigenvalue weighted by molar-refractivity contribution is 8.00. The Labute approximate surface area is 136 Å². The summed E-state index contributed by atoms with van der Waals surface area (Å²) in [6.07, 6.45) is 1.89. The van der Waals surface area contributed by atoms with Crippen molar-refractivity contribution in [3.63, 3.8) is 0 Å². The average molecular weight is 341 g/mol. The maximum atomic E-state index is 12.3. The molecular formula is C13H19N5O4S. The first-order chi connectivity index (χ1) is 11.1. The van der Waals surface area contributed by atoms with Crippen molar-refractivity contribution in [1.29, 1.82) is 0 Å². The Hall–Kier alpha value is -1.81. The minimum atomic E-state index is -0.516. The molecular weight excluding hydrogens is 322 g/mol. The molecule has 2 aliphatic heterocycles. The minimum Gasteiger partial charge on any atom is -0.376 e. The first-order valence-corrected chi connectivity index (χ1v) is 8.47. The molecule has 0 radical (unpaired) electrons. The molecule has 1 aromatic heterocycles. The smallest absolute Gasteiger partial charge is 0.344 e. The van der Waals surface area contributed by atoms with E-state index < -0.39 is 5.25 Å². The number of imide groups is 1. The zero-order valence-electron chi connectivity index (χ0n) is 12.8. The van der Waals surface area contributed by atoms with Crippen LogP contribution in [-0.2, 0) is 16.1 Å². The minimum absolute atomic E-state index is 0.0000162. The molecule has 3 heterocycles. The third-order valence-electron chi connectivity index (χ3n) is 3.89. The molecule has 0 spiro atoms. The summed E-state index contributed by atoms with van der Waals surface area (Å²) in [6.45, 7) is 3.66. The van der Waals surface area contributed by atoms with E-state index >= 15 is 0 Å². The largest absolute Gasteiger partial charge is 0.376 e. The normalized spacial score (nSPS) is 22.4. The highest BCUT2D eigenvalue weighted by Gasteiger charge is 2.31. The predicted octanol–water partition coefficient (Wildman–Crippen LogP) is -0.217. The van der Waals surface area contributed by atoms with Gasteiger partial charge in [0.2, 0.25) is 5.91 Å². The van der Waals surface area contributed by atoms with E-state index in [1.807, 2.05) is 0 Å². The van der Waals surface area contributed by atoms with E-state index in [9.17, 15) is 14.4 Å². The van der Waals surface area contributed by atoms with E-state index in [0.717, 1.165) is 12.8 Å². The van der Waals surface area contributed by atoms with Crippen molar-refractivity contribution in [3.05, 3.63) is 10.5 Å². The zero-order chi connectivity index (χ0) is 16.4. The van der Waals surface area contributed by atoms with Crippen molar-refractivity contribution in [2.24, 2.45) is 0 Å². The summed E-state index contributed by atoms with van der Waals surface area (Å²) in [5, 5.41) is 8.91. The second-order valence-corrected chi connectivity index (χ2v) is 6.85. The summed E-state index contributed by atoms with van der Waals surface area (Å²) in [5.74, 6) is -0.288. The lowest BCUT2D eigenvalue weighted by Gasteiger charge is -2.17. The van der Waals surface area contributed by atoms with Gasteiger partial charge in [-0.2, -0.15) is 0 Å². The topological polar surface area (TPSA) is 109 Å². The van der Waals surface area contributed by atoms with Crippen LogP contribution in [0.1, 0.15) is 19.8 Å². The van der Waals surface area contributed by atoms with Gasteiger partial charge in [0.25, 0.3) is 0 Å². The Morgan fingerprint density at radius 1 is 1.52 bits per heavy atom. The van der Waals surface area contributed by atoms with E-state index in [0.29, 0.717) is 31.4 Å². The van der Waals surface area contributed by atoms with Crippen molar-refractivity contribution in [1.82, 2.24) is 25.0 Å². The van der Waals surface area contributed by atoms with Gasteiger partial charge in [0.15, 0.2) is 5.16 Å². The van der Waals surface area contributed by atoms with Gasteiger partial charge < -0.3 is 10.1 Å². The maximum absolute atomic E-state index is 12.3. The molecule has 3 rings (SSSR count). The molecule has 1 aromatic rings. The van der Waals surface area contributed by atoms with E-state index in [2.05, 4.69) is 15.5 Å². The van der Waals surface area contributed by atoms with Gasteiger partial charge in [0.05, 0.1) is 17.9 Å². The van der Waals surface area contributed by atoms with Gasteiger partial charge >= 0.3 is 11.7 Å². The van der Waals surface area contributed by atoms with Gasteiger partial charge in [-0.15, -0.1) is 5.10 Å². The molecule has 0 bridgehead atoms. The maximum Gasteiger partial charge on any atom is 0.344 e. The molecule has 0 aliphatic carbocycles. The van der Waals surface area contributed by atoms with Gasteiger partial charge in [0, 0.05) is 19.7 Å². The molecule has 2 aliphatic rings. The molecule has 0 saturated carbocycles. The molecule has 0 unspecified atom stereocenters. The molecule has 9 nitrogen and oxygen atoms in total. The number of aromatic amines is 1. The molecule has 2 atom stereocenters. The highest BCUT2D eigenvalue weighted by atomic mass is 32.2. The Balaban J connectivity index is 1.68. The van der Waals surface area contributed by atoms with Crippen LogP contribution in [0.4, 0.5) is 4.79 Å². The fourth-order valence-corrected chi connectivity index (χ4v) is 3.58. The van der Waals surface area contributed by atoms with Crippen molar-refractivity contribution in [2.45, 2.75) is 42.8 Å². The van der Waals surface area contributed by atoms with Gasteiger partial charge in [-0.05, 0) is 19.8 Å². The number of hydrogen-bond acceptors (Lipinski definition) is 6. The third-order valence-corrected chi connectivity index (χ3v) is 4.96. The highest BCUT2D eigenvalue weighted by Crippen LogP contribution is 2.23. The predicted molar refractivity (Wildman–Crippen MR) is 82.3 cm³/mol. The number of carbonyl (C=O) groups excluding carboxylic acids is 2. The number of H-pyrrole nitrogens is 1. The van der Waals surface area contributed by atoms with Gasteiger partial charge in [0.1, 0.15) is 0 Å². The van der Waals surface area contributed by atoms with Gasteiger partial charge in [-0.1, -0.05) is 11.8 Å². The number of ether oxygens (including phenoxy) is 1. The van der Waals surface area contributed by atoms with Crippen LogP contribution in [0.15, 0.2) is 9.95 Å². The van der Waals surface area contributed by atoms with Crippen LogP contribution < -0.4 is 11.0 Å². The Kier molecular flexibility index (Phi) is 4.71. The SMILES string of the molecule is C[C@H](Sc1n[nH]c(=O)n1C[C@@H]1CCCO1)C(=O)N1CCNC1=O. The van der Waals surface area contributed by atoms with Crippen LogP contribution in [-0.4, -0.2) is 62.7 Å². The molecule has 2 fully saturated rings. The third kappa shape index (κ3) is 3.42. The number of nitrogens with zero attached hydrogens (tertiary/aromatic N) is 3. The standard InChI is InChI=1S/C13H19N5O4S/c1-8(10(19)17-5-4-14-11(17)20)23-13-16-15-12(21)18(13)7-9-3-2-6-22-9/h8-9H,2-7H2,1H3,(H,14,20)(H,15,21)/t8-,9-/m0/s1. The lowest BCUT2D eigenvalue weighted by molar-refractivity contribution is -0.126. The summed E-state index contributed by atoms with van der Waals surface area (Å²) in [4.78, 5) is 37.0. The summed E-state index contributed by atoms with van der Waals surface area (Å²) in [6, 6.07) is -0.374. The number of amides is 3. The first kappa shape index (κ1) is 16.1. The van der Waals surface area contributed by atoms with E-state index in [1.165, 1.54) is 21.2 Å². The van der Waals surface area contributed by atoms with Crippen LogP contribution in [0.2, 0.25) is 0 Å². The first-order valence-electron chi connectivity index (χ1n) is 7.59. The number of hydrogen-bond donors (Lipinski definition) is 2. The second-order valence-electron chi connectivity index (χ2n) is 5.54. The number of rotatable bonds is 5. The van der Waals surface area contributed by atoms with Crippen LogP contribution in [0, 0.1) is 0 Å². The van der Waals surface area contributed by atoms with E-state index in [4.69, 9.17) is 4.74 Å². The molecule has 3 amide bonds. The number of carbonyl (C=O) groups is 2. The summed E-state index contributed by atoms with van der Waals surface area (Å²) in [7, 11) is 0. The fraction of sp³-hybridized carbons (Fsp3) is 0.692. The van der Waals surface area contributed by atoms with Crippen LogP contribution in [0.5, 0.6) is 0 Å². The summed E-state index contributed by atoms with van der Waals surface area (Å²) in [5.41, 5.74) is -0.318. The summed E-state index contributed by atoms with van der Waals surface area (Å²) >= 11 is 1.17. The molecule has 0 aromatic carbocycles. The average Bonchev–Trinajstić information content (AvgIpc) is 3.25. The Morgan fingerprint density at radius 2 is 2.35 bits per heavy atom. The van der Waals surface area contributed by atoms with Crippen LogP contribution in [0.25, 0.3) is 0 Å². The fourth-order valence-electron chi connectivity index (χ4n) is 2.66. The number of aromatic nitrogens is 3. The van der Waals surface area contributed by atoms with E-state index in [-0.39, 0.29) is 23.7 Å². The van der Waals surface area contributed by atoms with Gasteiger partial charge in [-0.25, -0.2) is 14.7 Å². The van der Waals surface area contributed by atoms with Crippen molar-refractivity contribution >= 4 is 23.7 Å². The molecule has 23 heavy (non-hydrogen) atoms. The van der Waals surface area contributed by atoms with Crippen molar-refractivity contribution < 1.29 is 14.3 Å². The number of urea groups is 1. The quantitative estimate of drug-likeness (QED) is 0.717. The Morgan fingerprint density at radius 3 is 3.00 bits per heavy atom. The van der Waals surface area contributed by atoms with Gasteiger partial charge in [-0.3, -0.25) is 14.3 Å². The zero-order valence-corrected chi connectivity index (χ0v) is 13.6. The lowest BCUT2D eigenvalue weighted by Crippen LogP contribution is -2.39. The lowest BCUT2D eigenvalue weighted by atomic mass is 10.2. The molecule has 2 N–H and O–H groups in total. The van der Waals surface area contributed by atoms with Crippen molar-refractivity contribution in [3.8, 4) is 0 Å². The molecule has 2 saturated heterocycles. The monoisotopic (exact) mass is 341 g/mol. The molecule has 126 valence electrons. The molecule has 10 heteroatoms. The Bertz CT molecular complexity index is 651. The van der Waals surface area contributed by atoms with Crippen molar-refractivity contribution in [2.75, 3.05) is 19.7 Å². The van der Waals surface area contributed by atoms with Crippen LogP contribution >= 0.6 is 11.8 Å². The van der Waals surface area contributed by atoms with E-state index in [1.54, 1.807) is 6.92 Å².